The molecule has 0 aliphatic rings. The van der Waals surface area contributed by atoms with Crippen LogP contribution in [0.25, 0.3) is 88.0 Å². The largest absolute Gasteiger partial charge is 0.455 e. The highest BCUT2D eigenvalue weighted by atomic mass is 16.3. The quantitative estimate of drug-likeness (QED) is 0.162. The molecule has 0 unspecified atom stereocenters. The number of nitrogens with zero attached hydrogens (tertiary/aromatic N) is 1. The average Bonchev–Trinajstić information content (AvgIpc) is 3.70. The van der Waals surface area contributed by atoms with Gasteiger partial charge in [-0.3, -0.25) is 0 Å². The highest BCUT2D eigenvalue weighted by Gasteiger charge is 2.21. The number of benzene rings is 10. The summed E-state index contributed by atoms with van der Waals surface area (Å²) in [6, 6.07) is 80.6. The van der Waals surface area contributed by atoms with Gasteiger partial charge < -0.3 is 9.32 Å². The Morgan fingerprint density at radius 1 is 0.310 bits per heavy atom. The van der Waals surface area contributed by atoms with Crippen LogP contribution in [0.1, 0.15) is 0 Å². The van der Waals surface area contributed by atoms with E-state index in [0.29, 0.717) is 0 Å². The monoisotopic (exact) mass is 739 g/mol. The Bertz CT molecular complexity index is 3260. The van der Waals surface area contributed by atoms with Gasteiger partial charge in [-0.1, -0.05) is 182 Å². The summed E-state index contributed by atoms with van der Waals surface area (Å²) in [6.45, 7) is 0. The Labute approximate surface area is 337 Å². The molecule has 0 aliphatic heterocycles. The minimum absolute atomic E-state index is 0.882. The van der Waals surface area contributed by atoms with Crippen LogP contribution in [0.15, 0.2) is 229 Å². The number of anilines is 3. The maximum Gasteiger partial charge on any atom is 0.143 e. The molecule has 11 aromatic rings. The molecule has 11 rings (SSSR count). The normalized spacial score (nSPS) is 11.4. The summed E-state index contributed by atoms with van der Waals surface area (Å²) in [5.74, 6) is 0. The lowest BCUT2D eigenvalue weighted by atomic mass is 9.95. The highest BCUT2D eigenvalue weighted by Crippen LogP contribution is 2.46. The number of fused-ring (bicyclic) bond motifs is 6. The third-order valence-corrected chi connectivity index (χ3v) is 11.5. The first-order valence-corrected chi connectivity index (χ1v) is 19.8. The lowest BCUT2D eigenvalue weighted by molar-refractivity contribution is 0.673. The highest BCUT2D eigenvalue weighted by molar-refractivity contribution is 6.19. The van der Waals surface area contributed by atoms with Gasteiger partial charge in [0.2, 0.25) is 0 Å². The van der Waals surface area contributed by atoms with Gasteiger partial charge >= 0.3 is 0 Å². The minimum Gasteiger partial charge on any atom is -0.455 e. The van der Waals surface area contributed by atoms with Crippen molar-refractivity contribution in [1.29, 1.82) is 0 Å². The minimum atomic E-state index is 0.882. The summed E-state index contributed by atoms with van der Waals surface area (Å²) in [7, 11) is 0. The van der Waals surface area contributed by atoms with Crippen LogP contribution in [-0.2, 0) is 0 Å². The molecular formula is C56H37NO. The van der Waals surface area contributed by atoms with Crippen LogP contribution in [-0.4, -0.2) is 0 Å². The van der Waals surface area contributed by atoms with E-state index in [1.807, 2.05) is 0 Å². The first-order valence-electron chi connectivity index (χ1n) is 19.8. The van der Waals surface area contributed by atoms with Crippen LogP contribution in [0.3, 0.4) is 0 Å². The number of hydrogen-bond acceptors (Lipinski definition) is 2. The SMILES string of the molecule is c1ccc(-c2cccc(N(c3ccc(-c4ccc(-c5cccc6ccccc56)cc4)cc3)c3ccccc3-c3cccc4oc5c6ccccc6ccc5c34)c2)cc1. The van der Waals surface area contributed by atoms with E-state index in [1.54, 1.807) is 0 Å². The molecule has 58 heavy (non-hydrogen) atoms. The number of para-hydroxylation sites is 1. The van der Waals surface area contributed by atoms with Gasteiger partial charge in [0.25, 0.3) is 0 Å². The zero-order chi connectivity index (χ0) is 38.4. The smallest absolute Gasteiger partial charge is 0.143 e. The molecule has 0 saturated heterocycles. The van der Waals surface area contributed by atoms with Crippen LogP contribution in [0.2, 0.25) is 0 Å². The fourth-order valence-corrected chi connectivity index (χ4v) is 8.68. The van der Waals surface area contributed by atoms with Crippen LogP contribution in [0.4, 0.5) is 17.1 Å². The van der Waals surface area contributed by atoms with E-state index in [0.717, 1.165) is 55.5 Å². The average molecular weight is 740 g/mol. The van der Waals surface area contributed by atoms with Crippen molar-refractivity contribution in [2.24, 2.45) is 0 Å². The first kappa shape index (κ1) is 33.6. The van der Waals surface area contributed by atoms with Crippen molar-refractivity contribution in [2.75, 3.05) is 4.90 Å². The molecule has 10 aromatic carbocycles. The Hall–Kier alpha value is -7.68. The van der Waals surface area contributed by atoms with Gasteiger partial charge in [0.1, 0.15) is 11.2 Å². The molecule has 0 radical (unpaired) electrons. The molecule has 272 valence electrons. The van der Waals surface area contributed by atoms with Crippen molar-refractivity contribution >= 4 is 60.5 Å². The van der Waals surface area contributed by atoms with Gasteiger partial charge in [-0.05, 0) is 97.6 Å². The van der Waals surface area contributed by atoms with Crippen molar-refractivity contribution in [3.63, 3.8) is 0 Å². The van der Waals surface area contributed by atoms with E-state index in [9.17, 15) is 0 Å². The van der Waals surface area contributed by atoms with Gasteiger partial charge in [0.15, 0.2) is 0 Å². The molecule has 0 atom stereocenters. The first-order chi connectivity index (χ1) is 28.8. The van der Waals surface area contributed by atoms with E-state index in [1.165, 1.54) is 49.5 Å². The lowest BCUT2D eigenvalue weighted by Crippen LogP contribution is -2.11. The van der Waals surface area contributed by atoms with Gasteiger partial charge in [-0.25, -0.2) is 0 Å². The summed E-state index contributed by atoms with van der Waals surface area (Å²) >= 11 is 0. The fourth-order valence-electron chi connectivity index (χ4n) is 8.68. The molecule has 0 bridgehead atoms. The molecule has 0 saturated carbocycles. The standard InChI is InChI=1S/C56H37NO/c1-2-13-38(14-3-1)44-18-10-19-46(37-44)57(45-34-31-40(32-35-45)39-27-29-43(30-28-39)48-23-11-17-41-15-4-6-20-47(41)48)53-25-9-8-22-50(53)51-24-12-26-54-55(51)52-36-33-42-16-5-7-21-49(42)56(52)58-54/h1-37H. The topological polar surface area (TPSA) is 16.4 Å². The van der Waals surface area contributed by atoms with E-state index < -0.39 is 0 Å². The van der Waals surface area contributed by atoms with Gasteiger partial charge in [-0.15, -0.1) is 0 Å². The molecule has 2 heteroatoms. The van der Waals surface area contributed by atoms with Crippen LogP contribution in [0.5, 0.6) is 0 Å². The Kier molecular flexibility index (Phi) is 8.19. The second-order valence-corrected chi connectivity index (χ2v) is 14.9. The van der Waals surface area contributed by atoms with E-state index >= 15 is 0 Å². The van der Waals surface area contributed by atoms with Crippen molar-refractivity contribution in [3.05, 3.63) is 224 Å². The predicted molar refractivity (Wildman–Crippen MR) is 245 cm³/mol. The summed E-state index contributed by atoms with van der Waals surface area (Å²) in [6.07, 6.45) is 0. The van der Waals surface area contributed by atoms with Crippen LogP contribution >= 0.6 is 0 Å². The zero-order valence-corrected chi connectivity index (χ0v) is 31.7. The van der Waals surface area contributed by atoms with Gasteiger partial charge in [0, 0.05) is 33.1 Å². The molecule has 0 spiro atoms. The number of hydrogen-bond donors (Lipinski definition) is 0. The zero-order valence-electron chi connectivity index (χ0n) is 31.7. The summed E-state index contributed by atoms with van der Waals surface area (Å²) in [5.41, 5.74) is 14.5. The number of rotatable bonds is 7. The Morgan fingerprint density at radius 2 is 0.879 bits per heavy atom. The Morgan fingerprint density at radius 3 is 1.71 bits per heavy atom. The molecule has 0 amide bonds. The third-order valence-electron chi connectivity index (χ3n) is 11.5. The molecule has 2 nitrogen and oxygen atoms in total. The fraction of sp³-hybridized carbons (Fsp3) is 0. The maximum atomic E-state index is 6.66. The van der Waals surface area contributed by atoms with Gasteiger partial charge in [-0.2, -0.15) is 0 Å². The summed E-state index contributed by atoms with van der Waals surface area (Å²) in [5, 5.41) is 7.05. The Balaban J connectivity index is 1.04. The molecule has 0 N–H and O–H groups in total. The summed E-state index contributed by atoms with van der Waals surface area (Å²) in [4.78, 5) is 2.39. The molecule has 0 fully saturated rings. The molecular weight excluding hydrogens is 703 g/mol. The van der Waals surface area contributed by atoms with E-state index in [-0.39, 0.29) is 0 Å². The van der Waals surface area contributed by atoms with Crippen molar-refractivity contribution in [2.45, 2.75) is 0 Å². The lowest BCUT2D eigenvalue weighted by Gasteiger charge is -2.28. The summed E-state index contributed by atoms with van der Waals surface area (Å²) < 4.78 is 6.66. The maximum absolute atomic E-state index is 6.66. The van der Waals surface area contributed by atoms with Gasteiger partial charge in [0.05, 0.1) is 5.69 Å². The third kappa shape index (κ3) is 5.82. The van der Waals surface area contributed by atoms with Crippen LogP contribution in [0, 0.1) is 0 Å². The molecule has 1 heterocycles. The number of furan rings is 1. The van der Waals surface area contributed by atoms with Crippen LogP contribution < -0.4 is 4.90 Å². The van der Waals surface area contributed by atoms with Crippen molar-refractivity contribution in [3.8, 4) is 44.5 Å². The van der Waals surface area contributed by atoms with Crippen molar-refractivity contribution in [1.82, 2.24) is 0 Å². The van der Waals surface area contributed by atoms with E-state index in [2.05, 4.69) is 229 Å². The molecule has 1 aromatic heterocycles. The van der Waals surface area contributed by atoms with Crippen molar-refractivity contribution < 1.29 is 4.42 Å². The predicted octanol–water partition coefficient (Wildman–Crippen LogP) is 16.0. The second kappa shape index (κ2) is 14.1. The van der Waals surface area contributed by atoms with E-state index in [4.69, 9.17) is 4.42 Å². The second-order valence-electron chi connectivity index (χ2n) is 14.9. The molecule has 0 aliphatic carbocycles.